The van der Waals surface area contributed by atoms with Crippen LogP contribution in [-0.4, -0.2) is 60.9 Å². The van der Waals surface area contributed by atoms with Crippen LogP contribution in [0.15, 0.2) is 60.7 Å². The summed E-state index contributed by atoms with van der Waals surface area (Å²) in [7, 11) is 0. The van der Waals surface area contributed by atoms with Gasteiger partial charge >= 0.3 is 6.09 Å². The summed E-state index contributed by atoms with van der Waals surface area (Å²) < 4.78 is 0. The Morgan fingerprint density at radius 3 is 2.16 bits per heavy atom. The first kappa shape index (κ1) is 32.1. The summed E-state index contributed by atoms with van der Waals surface area (Å²) in [5.74, 6) is 0.616. The molecule has 3 amide bonds. The number of aliphatic hydroxyl groups is 1. The summed E-state index contributed by atoms with van der Waals surface area (Å²) in [5, 5.41) is 34.3. The number of hydrogen-bond donors (Lipinski definition) is 4. The summed E-state index contributed by atoms with van der Waals surface area (Å²) >= 11 is 0. The first-order valence-electron chi connectivity index (χ1n) is 15.7. The Morgan fingerprint density at radius 2 is 1.60 bits per heavy atom. The van der Waals surface area contributed by atoms with Crippen molar-refractivity contribution in [2.45, 2.75) is 95.9 Å². The molecule has 2 aliphatic rings. The lowest BCUT2D eigenvalue weighted by molar-refractivity contribution is -0.134. The fourth-order valence-corrected chi connectivity index (χ4v) is 7.39. The van der Waals surface area contributed by atoms with Gasteiger partial charge in [-0.2, -0.15) is 0 Å². The number of nitrogens with zero attached hydrogens (tertiary/aromatic N) is 3. The number of nitrogens with one attached hydrogen (secondary N) is 2. The number of hydrogen-bond acceptors (Lipinski definition) is 6. The van der Waals surface area contributed by atoms with Gasteiger partial charge in [0.2, 0.25) is 11.8 Å². The second kappa shape index (κ2) is 13.0. The molecule has 2 fully saturated rings. The van der Waals surface area contributed by atoms with Gasteiger partial charge in [-0.05, 0) is 69.6 Å². The molecule has 10 nitrogen and oxygen atoms in total. The van der Waals surface area contributed by atoms with Crippen molar-refractivity contribution < 1.29 is 24.6 Å². The maximum absolute atomic E-state index is 13.1. The topological polar surface area (TPSA) is 145 Å². The minimum absolute atomic E-state index is 0.102. The third-order valence-electron chi connectivity index (χ3n) is 9.17. The zero-order valence-corrected chi connectivity index (χ0v) is 26.4. The molecule has 2 aromatic carbocycles. The molecule has 5 rings (SSSR count). The van der Waals surface area contributed by atoms with Gasteiger partial charge in [0.1, 0.15) is 5.69 Å². The highest BCUT2D eigenvalue weighted by Crippen LogP contribution is 2.48. The Labute approximate surface area is 264 Å². The molecule has 3 aromatic rings. The maximum Gasteiger partial charge on any atom is 0.405 e. The number of carboxylic acid groups (broad SMARTS) is 1. The average molecular weight is 614 g/mol. The summed E-state index contributed by atoms with van der Waals surface area (Å²) in [4.78, 5) is 38.7. The quantitative estimate of drug-likeness (QED) is 0.233. The molecule has 2 saturated carbocycles. The monoisotopic (exact) mass is 613 g/mol. The maximum atomic E-state index is 13.1. The van der Waals surface area contributed by atoms with E-state index < -0.39 is 17.2 Å². The average Bonchev–Trinajstić information content (AvgIpc) is 2.97. The van der Waals surface area contributed by atoms with Crippen LogP contribution >= 0.6 is 0 Å². The van der Waals surface area contributed by atoms with E-state index in [4.69, 9.17) is 0 Å². The molecule has 0 spiro atoms. The predicted octanol–water partition coefficient (Wildman–Crippen LogP) is 5.96. The van der Waals surface area contributed by atoms with Crippen LogP contribution < -0.4 is 10.6 Å². The lowest BCUT2D eigenvalue weighted by Crippen LogP contribution is -2.61. The van der Waals surface area contributed by atoms with Gasteiger partial charge in [0.05, 0.1) is 11.1 Å². The molecule has 0 saturated heterocycles. The number of carbonyl (C=O) groups is 3. The molecule has 2 aliphatic carbocycles. The van der Waals surface area contributed by atoms with E-state index in [0.29, 0.717) is 17.9 Å². The second-order valence-corrected chi connectivity index (χ2v) is 13.2. The van der Waals surface area contributed by atoms with Crippen molar-refractivity contribution in [1.82, 2.24) is 20.4 Å². The Hall–Kier alpha value is -4.31. The Balaban J connectivity index is 1.31. The standard InChI is InChI=1S/C35H43N5O5/c1-22(2)40(23(3)41)28-16-10-24(11-17-28)18-31(42)36-30-19-29(25-8-6-5-7-9-25)32(39-38-30)26-12-14-27(15-13-26)35(37-33(43)44)20-34(4,45)21-35/h5-9,12-15,19,22,24,28,37,45H,10-11,16-18,20-21H2,1-4H3,(H,43,44)(H,36,38,42). The number of aromatic nitrogens is 2. The van der Waals surface area contributed by atoms with E-state index in [1.54, 1.807) is 13.8 Å². The minimum atomic E-state index is -1.14. The van der Waals surface area contributed by atoms with E-state index in [9.17, 15) is 24.6 Å². The molecule has 0 bridgehead atoms. The third kappa shape index (κ3) is 7.33. The first-order valence-corrected chi connectivity index (χ1v) is 15.7. The molecule has 1 aromatic heterocycles. The van der Waals surface area contributed by atoms with Crippen LogP contribution in [0.2, 0.25) is 0 Å². The minimum Gasteiger partial charge on any atom is -0.465 e. The van der Waals surface area contributed by atoms with E-state index in [2.05, 4.69) is 20.8 Å². The first-order chi connectivity index (χ1) is 21.4. The van der Waals surface area contributed by atoms with E-state index in [1.807, 2.05) is 79.4 Å². The fraction of sp³-hybridized carbons (Fsp3) is 0.457. The normalized spacial score (nSPS) is 24.4. The highest BCUT2D eigenvalue weighted by atomic mass is 16.4. The van der Waals surface area contributed by atoms with Crippen LogP contribution in [0, 0.1) is 5.92 Å². The van der Waals surface area contributed by atoms with Crippen molar-refractivity contribution in [3.05, 3.63) is 66.2 Å². The highest BCUT2D eigenvalue weighted by molar-refractivity contribution is 5.91. The predicted molar refractivity (Wildman–Crippen MR) is 172 cm³/mol. The number of anilines is 1. The van der Waals surface area contributed by atoms with Gasteiger partial charge in [0.25, 0.3) is 0 Å². The molecule has 1 heterocycles. The van der Waals surface area contributed by atoms with Gasteiger partial charge in [-0.25, -0.2) is 4.79 Å². The largest absolute Gasteiger partial charge is 0.465 e. The van der Waals surface area contributed by atoms with E-state index in [-0.39, 0.29) is 42.7 Å². The molecule has 45 heavy (non-hydrogen) atoms. The summed E-state index contributed by atoms with van der Waals surface area (Å²) in [6, 6.07) is 19.5. The molecule has 0 atom stereocenters. The molecular weight excluding hydrogens is 570 g/mol. The Kier molecular flexibility index (Phi) is 9.25. The number of carbonyl (C=O) groups excluding carboxylic acids is 2. The van der Waals surface area contributed by atoms with Crippen molar-refractivity contribution >= 4 is 23.7 Å². The van der Waals surface area contributed by atoms with Crippen molar-refractivity contribution in [3.63, 3.8) is 0 Å². The van der Waals surface area contributed by atoms with Crippen molar-refractivity contribution in [2.75, 3.05) is 5.32 Å². The van der Waals surface area contributed by atoms with Crippen molar-refractivity contribution in [1.29, 1.82) is 0 Å². The summed E-state index contributed by atoms with van der Waals surface area (Å²) in [6.07, 6.45) is 3.40. The molecule has 0 aliphatic heterocycles. The smallest absolute Gasteiger partial charge is 0.405 e. The Morgan fingerprint density at radius 1 is 0.956 bits per heavy atom. The number of rotatable bonds is 9. The van der Waals surface area contributed by atoms with Gasteiger partial charge in [0.15, 0.2) is 5.82 Å². The van der Waals surface area contributed by atoms with Gasteiger partial charge in [-0.15, -0.1) is 10.2 Å². The fourth-order valence-electron chi connectivity index (χ4n) is 7.39. The van der Waals surface area contributed by atoms with Gasteiger partial charge < -0.3 is 25.7 Å². The van der Waals surface area contributed by atoms with Crippen LogP contribution in [0.4, 0.5) is 10.6 Å². The van der Waals surface area contributed by atoms with E-state index >= 15 is 0 Å². The lowest BCUT2D eigenvalue weighted by atomic mass is 9.62. The SMILES string of the molecule is CC(=O)N(C(C)C)C1CCC(CC(=O)Nc2cc(-c3ccccc3)c(-c3ccc(C4(NC(=O)O)CC(C)(O)C4)cc3)nn2)CC1. The molecule has 10 heteroatoms. The van der Waals surface area contributed by atoms with Crippen LogP contribution in [0.5, 0.6) is 0 Å². The highest BCUT2D eigenvalue weighted by Gasteiger charge is 2.53. The molecule has 0 radical (unpaired) electrons. The van der Waals surface area contributed by atoms with E-state index in [0.717, 1.165) is 47.9 Å². The van der Waals surface area contributed by atoms with Crippen molar-refractivity contribution in [3.8, 4) is 22.4 Å². The zero-order valence-electron chi connectivity index (χ0n) is 26.4. The molecular formula is C35H43N5O5. The van der Waals surface area contributed by atoms with Crippen molar-refractivity contribution in [2.24, 2.45) is 5.92 Å². The van der Waals surface area contributed by atoms with Crippen LogP contribution in [0.1, 0.15) is 78.2 Å². The summed E-state index contributed by atoms with van der Waals surface area (Å²) in [5.41, 5.74) is 2.12. The van der Waals surface area contributed by atoms with Crippen LogP contribution in [-0.2, 0) is 15.1 Å². The molecule has 238 valence electrons. The molecule has 4 N–H and O–H groups in total. The van der Waals surface area contributed by atoms with Gasteiger partial charge in [-0.3, -0.25) is 9.59 Å². The number of amides is 3. The second-order valence-electron chi connectivity index (χ2n) is 13.2. The number of benzene rings is 2. The Bertz CT molecular complexity index is 1520. The zero-order chi connectivity index (χ0) is 32.4. The summed E-state index contributed by atoms with van der Waals surface area (Å²) in [6.45, 7) is 7.42. The van der Waals surface area contributed by atoms with E-state index in [1.165, 1.54) is 0 Å². The van der Waals surface area contributed by atoms with Gasteiger partial charge in [0, 0.05) is 49.4 Å². The van der Waals surface area contributed by atoms with Gasteiger partial charge in [-0.1, -0.05) is 54.6 Å². The molecule has 0 unspecified atom stereocenters. The third-order valence-corrected chi connectivity index (χ3v) is 9.17. The van der Waals surface area contributed by atoms with Crippen LogP contribution in [0.25, 0.3) is 22.4 Å². The van der Waals surface area contributed by atoms with Crippen LogP contribution in [0.3, 0.4) is 0 Å². The lowest BCUT2D eigenvalue weighted by Gasteiger charge is -2.51.